The number of carbonyl (C=O) groups excluding carboxylic acids is 2. The second kappa shape index (κ2) is 9.09. The Morgan fingerprint density at radius 1 is 1.03 bits per heavy atom. The number of carbonyl (C=O) groups is 3. The quantitative estimate of drug-likeness (QED) is 0.698. The van der Waals surface area contributed by atoms with Crippen molar-refractivity contribution in [3.8, 4) is 11.1 Å². The largest absolute Gasteiger partial charge is 0.480 e. The van der Waals surface area contributed by atoms with Gasteiger partial charge in [-0.05, 0) is 35.1 Å². The van der Waals surface area contributed by atoms with Gasteiger partial charge in [0, 0.05) is 17.7 Å². The van der Waals surface area contributed by atoms with Crippen molar-refractivity contribution < 1.29 is 24.2 Å². The van der Waals surface area contributed by atoms with Crippen LogP contribution in [0, 0.1) is 5.92 Å². The third-order valence-electron chi connectivity index (χ3n) is 6.93. The normalized spacial score (nSPS) is 23.8. The van der Waals surface area contributed by atoms with Gasteiger partial charge in [0.15, 0.2) is 0 Å². The molecule has 2 aromatic rings. The van der Waals surface area contributed by atoms with E-state index in [0.29, 0.717) is 24.5 Å². The van der Waals surface area contributed by atoms with Gasteiger partial charge in [-0.1, -0.05) is 55.0 Å². The van der Waals surface area contributed by atoms with Crippen molar-refractivity contribution in [2.45, 2.75) is 37.3 Å². The predicted molar refractivity (Wildman–Crippen MR) is 125 cm³/mol. The number of hydrogen-bond acceptors (Lipinski definition) is 5. The summed E-state index contributed by atoms with van der Waals surface area (Å²) >= 11 is 1.44. The first-order chi connectivity index (χ1) is 16.0. The zero-order valence-corrected chi connectivity index (χ0v) is 18.9. The maximum Gasteiger partial charge on any atom is 0.407 e. The first-order valence-corrected chi connectivity index (χ1v) is 12.4. The Morgan fingerprint density at radius 2 is 1.70 bits per heavy atom. The molecular weight excluding hydrogens is 440 g/mol. The molecule has 33 heavy (non-hydrogen) atoms. The minimum absolute atomic E-state index is 0.0258. The smallest absolute Gasteiger partial charge is 0.407 e. The third-order valence-corrected chi connectivity index (χ3v) is 7.94. The van der Waals surface area contributed by atoms with Crippen molar-refractivity contribution in [1.29, 1.82) is 0 Å². The van der Waals surface area contributed by atoms with Crippen LogP contribution in [0.3, 0.4) is 0 Å². The van der Waals surface area contributed by atoms with E-state index >= 15 is 0 Å². The Morgan fingerprint density at radius 3 is 2.36 bits per heavy atom. The van der Waals surface area contributed by atoms with E-state index in [1.165, 1.54) is 27.8 Å². The Kier molecular flexibility index (Phi) is 6.01. The summed E-state index contributed by atoms with van der Waals surface area (Å²) in [7, 11) is 0. The van der Waals surface area contributed by atoms with Crippen LogP contribution in [0.4, 0.5) is 4.79 Å². The Labute approximate surface area is 196 Å². The van der Waals surface area contributed by atoms with E-state index in [-0.39, 0.29) is 24.5 Å². The maximum atomic E-state index is 13.1. The predicted octanol–water partition coefficient (Wildman–Crippen LogP) is 3.68. The molecule has 3 aliphatic rings. The number of nitrogens with one attached hydrogen (secondary N) is 1. The lowest BCUT2D eigenvalue weighted by Crippen LogP contribution is -2.49. The van der Waals surface area contributed by atoms with Gasteiger partial charge in [-0.2, -0.15) is 0 Å². The number of carboxylic acids is 1. The van der Waals surface area contributed by atoms with Crippen LogP contribution < -0.4 is 5.32 Å². The van der Waals surface area contributed by atoms with Crippen LogP contribution >= 0.6 is 11.8 Å². The van der Waals surface area contributed by atoms with E-state index in [1.807, 2.05) is 24.3 Å². The second-order valence-electron chi connectivity index (χ2n) is 8.78. The van der Waals surface area contributed by atoms with E-state index in [9.17, 15) is 19.5 Å². The fraction of sp³-hybridized carbons (Fsp3) is 0.400. The number of aliphatic carboxylic acids is 1. The average molecular weight is 467 g/mol. The highest BCUT2D eigenvalue weighted by Crippen LogP contribution is 2.44. The highest BCUT2D eigenvalue weighted by molar-refractivity contribution is 7.99. The summed E-state index contributed by atoms with van der Waals surface area (Å²) in [6.07, 6.45) is 1.59. The molecule has 2 aliphatic carbocycles. The molecule has 2 amide bonds. The number of hydrogen-bond donors (Lipinski definition) is 2. The van der Waals surface area contributed by atoms with Gasteiger partial charge < -0.3 is 20.1 Å². The van der Waals surface area contributed by atoms with Crippen molar-refractivity contribution >= 4 is 29.7 Å². The van der Waals surface area contributed by atoms with Gasteiger partial charge in [0.1, 0.15) is 12.6 Å². The van der Waals surface area contributed by atoms with Crippen molar-refractivity contribution in [2.24, 2.45) is 5.92 Å². The van der Waals surface area contributed by atoms with Gasteiger partial charge in [0.05, 0.1) is 11.8 Å². The summed E-state index contributed by atoms with van der Waals surface area (Å²) in [5, 5.41) is 12.3. The number of nitrogens with zero attached hydrogens (tertiary/aromatic N) is 1. The van der Waals surface area contributed by atoms with Crippen molar-refractivity contribution in [3.63, 3.8) is 0 Å². The number of amides is 2. The first kappa shape index (κ1) is 21.8. The lowest BCUT2D eigenvalue weighted by molar-refractivity contribution is -0.149. The zero-order chi connectivity index (χ0) is 22.9. The molecule has 5 rings (SSSR count). The van der Waals surface area contributed by atoms with Crippen LogP contribution in [-0.4, -0.2) is 58.3 Å². The van der Waals surface area contributed by atoms with Gasteiger partial charge in [-0.25, -0.2) is 9.59 Å². The van der Waals surface area contributed by atoms with Gasteiger partial charge >= 0.3 is 12.1 Å². The molecule has 1 heterocycles. The molecule has 8 heteroatoms. The standard InChI is InChI=1S/C25H26N2O5S/c28-23(27-14-33-13-22(27)24(29)30)19-10-5-11-21(19)26-25(31)32-12-20-17-8-3-1-6-15(17)16-7-2-4-9-18(16)20/h1-4,6-9,19-22H,5,10-14H2,(H,26,31)(H,29,30)/t19-,21+,22-/m0/s1. The van der Waals surface area contributed by atoms with E-state index in [0.717, 1.165) is 17.5 Å². The summed E-state index contributed by atoms with van der Waals surface area (Å²) in [6.45, 7) is 0.217. The fourth-order valence-corrected chi connectivity index (χ4v) is 6.45. The minimum atomic E-state index is -0.979. The maximum absolute atomic E-state index is 13.1. The van der Waals surface area contributed by atoms with Crippen molar-refractivity contribution in [2.75, 3.05) is 18.2 Å². The van der Waals surface area contributed by atoms with Gasteiger partial charge in [0.2, 0.25) is 5.91 Å². The monoisotopic (exact) mass is 466 g/mol. The number of benzene rings is 2. The Hall–Kier alpha value is -3.00. The second-order valence-corrected chi connectivity index (χ2v) is 9.78. The molecule has 3 atom stereocenters. The number of alkyl carbamates (subject to hydrolysis) is 1. The Balaban J connectivity index is 1.23. The van der Waals surface area contributed by atoms with Gasteiger partial charge in [-0.3, -0.25) is 4.79 Å². The summed E-state index contributed by atoms with van der Waals surface area (Å²) in [5.74, 6) is -0.822. The lowest BCUT2D eigenvalue weighted by atomic mass is 9.98. The minimum Gasteiger partial charge on any atom is -0.480 e. The molecule has 0 bridgehead atoms. The number of ether oxygens (including phenoxy) is 1. The average Bonchev–Trinajstić information content (AvgIpc) is 3.55. The molecule has 0 radical (unpaired) electrons. The molecule has 0 unspecified atom stereocenters. The SMILES string of the molecule is O=C(N[C@@H]1CCC[C@@H]1C(=O)N1CSC[C@H]1C(=O)O)OCC1c2ccccc2-c2ccccc21. The molecule has 0 aromatic heterocycles. The van der Waals surface area contributed by atoms with Gasteiger partial charge in [0.25, 0.3) is 0 Å². The van der Waals surface area contributed by atoms with Crippen LogP contribution in [-0.2, 0) is 14.3 Å². The molecule has 2 fully saturated rings. The van der Waals surface area contributed by atoms with Crippen molar-refractivity contribution in [3.05, 3.63) is 59.7 Å². The summed E-state index contributed by atoms with van der Waals surface area (Å²) in [4.78, 5) is 38.7. The number of carboxylic acid groups (broad SMARTS) is 1. The number of thioether (sulfide) groups is 1. The molecule has 1 saturated carbocycles. The summed E-state index contributed by atoms with van der Waals surface area (Å²) < 4.78 is 5.64. The van der Waals surface area contributed by atoms with E-state index in [2.05, 4.69) is 29.6 Å². The first-order valence-electron chi connectivity index (χ1n) is 11.3. The molecule has 0 spiro atoms. The highest BCUT2D eigenvalue weighted by Gasteiger charge is 2.42. The third kappa shape index (κ3) is 4.08. The molecule has 1 aliphatic heterocycles. The Bertz CT molecular complexity index is 1040. The molecule has 2 aromatic carbocycles. The highest BCUT2D eigenvalue weighted by atomic mass is 32.2. The molecule has 1 saturated heterocycles. The molecule has 2 N–H and O–H groups in total. The van der Waals surface area contributed by atoms with Crippen LogP contribution in [0.2, 0.25) is 0 Å². The van der Waals surface area contributed by atoms with Crippen LogP contribution in [0.25, 0.3) is 11.1 Å². The van der Waals surface area contributed by atoms with Crippen LogP contribution in [0.5, 0.6) is 0 Å². The molecule has 7 nitrogen and oxygen atoms in total. The number of fused-ring (bicyclic) bond motifs is 3. The van der Waals surface area contributed by atoms with Crippen LogP contribution in [0.1, 0.15) is 36.3 Å². The van der Waals surface area contributed by atoms with Crippen molar-refractivity contribution in [1.82, 2.24) is 10.2 Å². The number of rotatable bonds is 5. The lowest BCUT2D eigenvalue weighted by Gasteiger charge is -2.27. The topological polar surface area (TPSA) is 95.9 Å². The van der Waals surface area contributed by atoms with Gasteiger partial charge in [-0.15, -0.1) is 11.8 Å². The van der Waals surface area contributed by atoms with E-state index in [4.69, 9.17) is 4.74 Å². The van der Waals surface area contributed by atoms with E-state index < -0.39 is 24.0 Å². The zero-order valence-electron chi connectivity index (χ0n) is 18.1. The van der Waals surface area contributed by atoms with Crippen LogP contribution in [0.15, 0.2) is 48.5 Å². The summed E-state index contributed by atoms with van der Waals surface area (Å²) in [5.41, 5.74) is 4.62. The van der Waals surface area contributed by atoms with E-state index in [1.54, 1.807) is 0 Å². The summed E-state index contributed by atoms with van der Waals surface area (Å²) in [6, 6.07) is 15.2. The fourth-order valence-electron chi connectivity index (χ4n) is 5.30. The molecular formula is C25H26N2O5S. The molecule has 172 valence electrons.